The number of halogens is 1. The molecule has 0 spiro atoms. The quantitative estimate of drug-likeness (QED) is 0.256. The number of pyridine rings is 1. The Hall–Kier alpha value is -3.90. The van der Waals surface area contributed by atoms with E-state index >= 15 is 0 Å². The third-order valence-electron chi connectivity index (χ3n) is 6.46. The molecule has 0 saturated carbocycles. The van der Waals surface area contributed by atoms with Gasteiger partial charge in [0.25, 0.3) is 5.91 Å². The van der Waals surface area contributed by atoms with Crippen LogP contribution in [0.3, 0.4) is 0 Å². The Morgan fingerprint density at radius 1 is 1.18 bits per heavy atom. The number of amides is 2. The van der Waals surface area contributed by atoms with E-state index in [0.29, 0.717) is 10.6 Å². The maximum Gasteiger partial charge on any atom is 0.342 e. The summed E-state index contributed by atoms with van der Waals surface area (Å²) >= 11 is 7.66. The van der Waals surface area contributed by atoms with Crippen molar-refractivity contribution in [2.24, 2.45) is 0 Å². The Balaban J connectivity index is 1.25. The summed E-state index contributed by atoms with van der Waals surface area (Å²) in [7, 11) is 0. The van der Waals surface area contributed by atoms with Crippen molar-refractivity contribution >= 4 is 47.1 Å². The van der Waals surface area contributed by atoms with E-state index in [-0.39, 0.29) is 22.6 Å². The number of thioether (sulfide) groups is 1. The van der Waals surface area contributed by atoms with Gasteiger partial charge in [0.2, 0.25) is 12.7 Å². The van der Waals surface area contributed by atoms with E-state index in [1.807, 2.05) is 0 Å². The molecule has 11 nitrogen and oxygen atoms in total. The molecule has 2 saturated heterocycles. The molecule has 2 aromatic heterocycles. The second-order valence-electron chi connectivity index (χ2n) is 9.41. The van der Waals surface area contributed by atoms with Gasteiger partial charge in [-0.05, 0) is 39.0 Å². The Labute approximate surface area is 232 Å². The summed E-state index contributed by atoms with van der Waals surface area (Å²) in [6, 6.07) is 8.18. The van der Waals surface area contributed by atoms with E-state index in [9.17, 15) is 19.2 Å². The Morgan fingerprint density at radius 3 is 2.67 bits per heavy atom. The van der Waals surface area contributed by atoms with Crippen molar-refractivity contribution in [1.82, 2.24) is 20.4 Å². The zero-order valence-electron chi connectivity index (χ0n) is 21.0. The summed E-state index contributed by atoms with van der Waals surface area (Å²) in [4.78, 5) is 56.7. The number of rotatable bonds is 7. The van der Waals surface area contributed by atoms with Crippen LogP contribution >= 0.6 is 23.4 Å². The molecule has 2 aliphatic rings. The predicted octanol–water partition coefficient (Wildman–Crippen LogP) is 3.22. The van der Waals surface area contributed by atoms with Crippen molar-refractivity contribution in [3.05, 3.63) is 70.7 Å². The number of benzene rings is 1. The van der Waals surface area contributed by atoms with Crippen molar-refractivity contribution in [2.75, 3.05) is 6.79 Å². The summed E-state index contributed by atoms with van der Waals surface area (Å²) < 4.78 is 14.7. The van der Waals surface area contributed by atoms with Crippen LogP contribution in [-0.4, -0.2) is 67.8 Å². The normalized spacial score (nSPS) is 21.1. The standard InChI is InChI=1S/C26H23ClN4O7S/c1-13-17(18(30-38-13)15-8-4-5-9-16(15)27)21(32)29-19-22(33)31-20(26(2,3)39-23(19)31)25(35)37-12-36-24(34)14-7-6-10-28-11-14/h4-11,19-20,23H,12H2,1-3H3,(H,29,32)/t19-,20+,23-/m0/s1. The summed E-state index contributed by atoms with van der Waals surface area (Å²) in [6.07, 6.45) is 2.84. The smallest absolute Gasteiger partial charge is 0.342 e. The zero-order chi connectivity index (χ0) is 27.9. The molecule has 1 aromatic carbocycles. The highest BCUT2D eigenvalue weighted by molar-refractivity contribution is 8.01. The Kier molecular flexibility index (Phi) is 7.08. The third kappa shape index (κ3) is 4.85. The highest BCUT2D eigenvalue weighted by Gasteiger charge is 2.64. The van der Waals surface area contributed by atoms with Crippen LogP contribution in [0.25, 0.3) is 11.3 Å². The predicted molar refractivity (Wildman–Crippen MR) is 140 cm³/mol. The van der Waals surface area contributed by atoms with Gasteiger partial charge in [0.15, 0.2) is 0 Å². The van der Waals surface area contributed by atoms with E-state index in [1.165, 1.54) is 35.1 Å². The molecule has 2 aliphatic heterocycles. The summed E-state index contributed by atoms with van der Waals surface area (Å²) in [5.74, 6) is -2.13. The van der Waals surface area contributed by atoms with Crippen molar-refractivity contribution in [1.29, 1.82) is 0 Å². The van der Waals surface area contributed by atoms with Gasteiger partial charge in [-0.3, -0.25) is 14.6 Å². The fraction of sp³-hybridized carbons (Fsp3) is 0.308. The van der Waals surface area contributed by atoms with Gasteiger partial charge in [0.05, 0.1) is 10.6 Å². The molecule has 5 rings (SSSR count). The van der Waals surface area contributed by atoms with Crippen molar-refractivity contribution < 1.29 is 33.2 Å². The minimum Gasteiger partial charge on any atom is -0.426 e. The van der Waals surface area contributed by atoms with Crippen LogP contribution in [0.5, 0.6) is 0 Å². The molecule has 4 heterocycles. The molecule has 2 fully saturated rings. The van der Waals surface area contributed by atoms with Crippen molar-refractivity contribution in [2.45, 2.75) is 43.0 Å². The molecule has 13 heteroatoms. The molecule has 2 amide bonds. The number of nitrogens with one attached hydrogen (secondary N) is 1. The summed E-state index contributed by atoms with van der Waals surface area (Å²) in [5.41, 5.74) is 1.16. The molecule has 0 unspecified atom stereocenters. The molecule has 3 aromatic rings. The molecule has 1 N–H and O–H groups in total. The molecular weight excluding hydrogens is 548 g/mol. The van der Waals surface area contributed by atoms with E-state index < -0.39 is 52.8 Å². The number of hydrogen-bond donors (Lipinski definition) is 1. The number of carbonyl (C=O) groups excluding carboxylic acids is 4. The van der Waals surface area contributed by atoms with Gasteiger partial charge in [0.1, 0.15) is 34.5 Å². The number of nitrogens with zero attached hydrogens (tertiary/aromatic N) is 3. The molecular formula is C26H23ClN4O7S. The van der Waals surface area contributed by atoms with Crippen molar-refractivity contribution in [3.8, 4) is 11.3 Å². The van der Waals surface area contributed by atoms with Gasteiger partial charge in [-0.2, -0.15) is 0 Å². The maximum absolute atomic E-state index is 13.3. The number of esters is 2. The van der Waals surface area contributed by atoms with E-state index in [1.54, 1.807) is 51.1 Å². The maximum atomic E-state index is 13.3. The topological polar surface area (TPSA) is 141 Å². The van der Waals surface area contributed by atoms with Gasteiger partial charge < -0.3 is 24.2 Å². The lowest BCUT2D eigenvalue weighted by atomic mass is 9.95. The Bertz CT molecular complexity index is 1460. The first-order valence-electron chi connectivity index (χ1n) is 11.9. The second-order valence-corrected chi connectivity index (χ2v) is 11.6. The first-order valence-corrected chi connectivity index (χ1v) is 13.1. The van der Waals surface area contributed by atoms with Crippen LogP contribution in [0, 0.1) is 6.92 Å². The molecule has 3 atom stereocenters. The minimum absolute atomic E-state index is 0.169. The number of carbonyl (C=O) groups is 4. The Morgan fingerprint density at radius 2 is 1.95 bits per heavy atom. The number of fused-ring (bicyclic) bond motifs is 1. The van der Waals surface area contributed by atoms with Gasteiger partial charge in [0, 0.05) is 22.7 Å². The van der Waals surface area contributed by atoms with E-state index in [2.05, 4.69) is 15.5 Å². The third-order valence-corrected chi connectivity index (χ3v) is 8.36. The minimum atomic E-state index is -0.943. The average molecular weight is 571 g/mol. The lowest BCUT2D eigenvalue weighted by Crippen LogP contribution is -2.70. The van der Waals surface area contributed by atoms with Crippen LogP contribution < -0.4 is 5.32 Å². The van der Waals surface area contributed by atoms with Crippen molar-refractivity contribution in [3.63, 3.8) is 0 Å². The molecule has 0 bridgehead atoms. The number of ether oxygens (including phenoxy) is 2. The van der Waals surface area contributed by atoms with Gasteiger partial charge in [-0.15, -0.1) is 11.8 Å². The lowest BCUT2D eigenvalue weighted by Gasteiger charge is -2.43. The lowest BCUT2D eigenvalue weighted by molar-refractivity contribution is -0.168. The molecule has 202 valence electrons. The fourth-order valence-electron chi connectivity index (χ4n) is 4.60. The largest absolute Gasteiger partial charge is 0.426 e. The van der Waals surface area contributed by atoms with Crippen LogP contribution in [0.2, 0.25) is 5.02 Å². The van der Waals surface area contributed by atoms with Gasteiger partial charge in [-0.25, -0.2) is 9.59 Å². The first-order chi connectivity index (χ1) is 18.6. The molecule has 39 heavy (non-hydrogen) atoms. The average Bonchev–Trinajstić information content (AvgIpc) is 3.42. The molecule has 0 aliphatic carbocycles. The van der Waals surface area contributed by atoms with Crippen LogP contribution in [-0.2, 0) is 19.1 Å². The number of aryl methyl sites for hydroxylation is 1. The second kappa shape index (κ2) is 10.3. The van der Waals surface area contributed by atoms with Gasteiger partial charge in [-0.1, -0.05) is 35.0 Å². The van der Waals surface area contributed by atoms with E-state index in [4.69, 9.17) is 25.6 Å². The number of β-lactam (4-membered cyclic amide) rings is 1. The summed E-state index contributed by atoms with van der Waals surface area (Å²) in [6.45, 7) is 4.58. The van der Waals surface area contributed by atoms with Gasteiger partial charge >= 0.3 is 11.9 Å². The highest BCUT2D eigenvalue weighted by atomic mass is 35.5. The zero-order valence-corrected chi connectivity index (χ0v) is 22.6. The van der Waals surface area contributed by atoms with Crippen LogP contribution in [0.4, 0.5) is 0 Å². The van der Waals surface area contributed by atoms with Crippen LogP contribution in [0.15, 0.2) is 53.3 Å². The monoisotopic (exact) mass is 570 g/mol. The highest BCUT2D eigenvalue weighted by Crippen LogP contribution is 2.51. The first kappa shape index (κ1) is 26.7. The number of hydrogen-bond acceptors (Lipinski definition) is 10. The van der Waals surface area contributed by atoms with Crippen LogP contribution in [0.1, 0.15) is 40.3 Å². The molecule has 0 radical (unpaired) electrons. The SMILES string of the molecule is Cc1onc(-c2ccccc2Cl)c1C(=O)N[C@H]1C(=O)N2[C@H]1SC(C)(C)[C@H]2C(=O)OCOC(=O)c1cccnc1. The summed E-state index contributed by atoms with van der Waals surface area (Å²) in [5, 5.41) is 6.66. The van der Waals surface area contributed by atoms with E-state index in [0.717, 1.165) is 0 Å². The number of aromatic nitrogens is 2. The fourth-order valence-corrected chi connectivity index (χ4v) is 6.45.